The van der Waals surface area contributed by atoms with Crippen LogP contribution in [-0.2, 0) is 0 Å². The van der Waals surface area contributed by atoms with Gasteiger partial charge in [0.25, 0.3) is 0 Å². The highest BCUT2D eigenvalue weighted by molar-refractivity contribution is 6.18. The van der Waals surface area contributed by atoms with Crippen molar-refractivity contribution in [3.63, 3.8) is 0 Å². The number of fused-ring (bicyclic) bond motifs is 11. The van der Waals surface area contributed by atoms with E-state index in [1.165, 1.54) is 21.8 Å². The van der Waals surface area contributed by atoms with Gasteiger partial charge in [-0.05, 0) is 107 Å². The largest absolute Gasteiger partial charge is 0.456 e. The van der Waals surface area contributed by atoms with Crippen molar-refractivity contribution < 1.29 is 8.83 Å². The van der Waals surface area contributed by atoms with Crippen LogP contribution in [-0.4, -0.2) is 4.57 Å². The molecule has 0 bridgehead atoms. The molecule has 0 radical (unpaired) electrons. The number of anilines is 3. The highest BCUT2D eigenvalue weighted by atomic mass is 16.3. The molecule has 0 saturated carbocycles. The van der Waals surface area contributed by atoms with Crippen molar-refractivity contribution in [2.45, 2.75) is 6.92 Å². The Hall–Kier alpha value is -9.12. The van der Waals surface area contributed by atoms with Gasteiger partial charge in [0.2, 0.25) is 0 Å². The second kappa shape index (κ2) is 15.5. The summed E-state index contributed by atoms with van der Waals surface area (Å²) in [6, 6.07) is 85.0. The summed E-state index contributed by atoms with van der Waals surface area (Å²) in [5.74, 6) is 0. The summed E-state index contributed by atoms with van der Waals surface area (Å²) in [6.45, 7) is 2.22. The first-order valence-electron chi connectivity index (χ1n) is 23.6. The highest BCUT2D eigenvalue weighted by Gasteiger charge is 2.23. The third kappa shape index (κ3) is 6.16. The van der Waals surface area contributed by atoms with Crippen LogP contribution >= 0.6 is 0 Å². The number of furan rings is 2. The molecule has 0 unspecified atom stereocenters. The van der Waals surface area contributed by atoms with E-state index in [4.69, 9.17) is 8.83 Å². The lowest BCUT2D eigenvalue weighted by Gasteiger charge is -2.29. The van der Waals surface area contributed by atoms with E-state index in [0.717, 1.165) is 116 Å². The Kier molecular flexibility index (Phi) is 8.77. The average Bonchev–Trinajstić information content (AvgIpc) is 4.09. The molecular weight excluding hydrogens is 841 g/mol. The third-order valence-electron chi connectivity index (χ3n) is 14.1. The van der Waals surface area contributed by atoms with Crippen LogP contribution in [0.3, 0.4) is 0 Å². The molecule has 0 aliphatic carbocycles. The van der Waals surface area contributed by atoms with Crippen molar-refractivity contribution in [2.24, 2.45) is 0 Å². The van der Waals surface area contributed by atoms with E-state index in [-0.39, 0.29) is 0 Å². The Bertz CT molecular complexity index is 4290. The number of benzene rings is 11. The summed E-state index contributed by atoms with van der Waals surface area (Å²) in [6.07, 6.45) is 0. The molecule has 0 amide bonds. The number of hydrogen-bond donors (Lipinski definition) is 0. The molecule has 0 aliphatic rings. The Morgan fingerprint density at radius 1 is 0.348 bits per heavy atom. The minimum atomic E-state index is 0.876. The fourth-order valence-corrected chi connectivity index (χ4v) is 10.9. The summed E-state index contributed by atoms with van der Waals surface area (Å²) in [5.41, 5.74) is 18.1. The number of aryl methyl sites for hydroxylation is 1. The zero-order valence-corrected chi connectivity index (χ0v) is 37.7. The number of para-hydroxylation sites is 6. The van der Waals surface area contributed by atoms with E-state index < -0.39 is 0 Å². The van der Waals surface area contributed by atoms with E-state index in [9.17, 15) is 0 Å². The Morgan fingerprint density at radius 3 is 1.74 bits per heavy atom. The molecule has 0 N–H and O–H groups in total. The number of rotatable bonds is 7. The molecule has 3 heterocycles. The highest BCUT2D eigenvalue weighted by Crippen LogP contribution is 2.47. The van der Waals surface area contributed by atoms with Crippen molar-refractivity contribution in [3.05, 3.63) is 242 Å². The van der Waals surface area contributed by atoms with Crippen molar-refractivity contribution >= 4 is 93.5 Å². The van der Waals surface area contributed by atoms with Crippen molar-refractivity contribution in [1.82, 2.24) is 4.57 Å². The van der Waals surface area contributed by atoms with Gasteiger partial charge in [-0.2, -0.15) is 0 Å². The van der Waals surface area contributed by atoms with E-state index in [0.29, 0.717) is 0 Å². The average molecular weight is 883 g/mol. The van der Waals surface area contributed by atoms with Crippen LogP contribution in [0.2, 0.25) is 0 Å². The zero-order valence-electron chi connectivity index (χ0n) is 37.7. The summed E-state index contributed by atoms with van der Waals surface area (Å²) >= 11 is 0. The van der Waals surface area contributed by atoms with E-state index in [1.807, 2.05) is 12.1 Å². The minimum absolute atomic E-state index is 0.876. The summed E-state index contributed by atoms with van der Waals surface area (Å²) in [4.78, 5) is 2.41. The molecule has 0 fully saturated rings. The monoisotopic (exact) mass is 882 g/mol. The Balaban J connectivity index is 0.934. The molecule has 14 aromatic rings. The van der Waals surface area contributed by atoms with Crippen LogP contribution in [0.1, 0.15) is 5.56 Å². The molecule has 3 aromatic heterocycles. The lowest BCUT2D eigenvalue weighted by Crippen LogP contribution is -2.12. The van der Waals surface area contributed by atoms with Gasteiger partial charge >= 0.3 is 0 Å². The topological polar surface area (TPSA) is 34.5 Å². The van der Waals surface area contributed by atoms with E-state index in [1.54, 1.807) is 0 Å². The number of hydrogen-bond acceptors (Lipinski definition) is 3. The van der Waals surface area contributed by atoms with Gasteiger partial charge in [-0.15, -0.1) is 0 Å². The summed E-state index contributed by atoms with van der Waals surface area (Å²) in [7, 11) is 0. The van der Waals surface area contributed by atoms with Crippen LogP contribution in [0.25, 0.3) is 116 Å². The first-order valence-corrected chi connectivity index (χ1v) is 23.6. The van der Waals surface area contributed by atoms with Gasteiger partial charge in [0.05, 0.1) is 22.4 Å². The maximum Gasteiger partial charge on any atom is 0.143 e. The molecule has 324 valence electrons. The summed E-state index contributed by atoms with van der Waals surface area (Å²) in [5, 5.41) is 9.24. The van der Waals surface area contributed by atoms with Crippen molar-refractivity contribution in [2.75, 3.05) is 4.90 Å². The smallest absolute Gasteiger partial charge is 0.143 e. The first-order chi connectivity index (χ1) is 34.1. The fraction of sp³-hybridized carbons (Fsp3) is 0.0154. The van der Waals surface area contributed by atoms with E-state index in [2.05, 4.69) is 241 Å². The maximum absolute atomic E-state index is 6.97. The van der Waals surface area contributed by atoms with Gasteiger partial charge in [-0.3, -0.25) is 0 Å². The molecule has 4 heteroatoms. The first kappa shape index (κ1) is 39.1. The zero-order chi connectivity index (χ0) is 45.6. The second-order valence-corrected chi connectivity index (χ2v) is 18.0. The van der Waals surface area contributed by atoms with Crippen molar-refractivity contribution in [1.29, 1.82) is 0 Å². The van der Waals surface area contributed by atoms with Crippen LogP contribution in [0, 0.1) is 6.92 Å². The Labute approximate surface area is 398 Å². The number of nitrogens with zero attached hydrogens (tertiary/aromatic N) is 2. The second-order valence-electron chi connectivity index (χ2n) is 18.0. The minimum Gasteiger partial charge on any atom is -0.456 e. The molecule has 0 saturated heterocycles. The lowest BCUT2D eigenvalue weighted by molar-refractivity contribution is 0.669. The van der Waals surface area contributed by atoms with Gasteiger partial charge in [-0.1, -0.05) is 164 Å². The van der Waals surface area contributed by atoms with Crippen LogP contribution < -0.4 is 4.90 Å². The standard InChI is InChI=1S/C65H42N2O2/c1-41-39-44(45-32-36-53-52-21-8-13-28-62(52)68-63(53)40-45)33-38-57(41)66(59-25-10-7-20-51(59)54-22-14-23-55-56-37-31-42-15-2-3-17-48(42)64(56)69-65(54)55)46-34-29-43(30-35-46)47-16-4-9-24-58(47)67-60-26-11-5-18-49(60)50-19-6-12-27-61(50)67/h2-40H,1H3. The SMILES string of the molecule is Cc1cc(-c2ccc3c(c2)oc2ccccc23)ccc1N(c1ccc(-c2ccccc2-n2c3ccccc3c3ccccc32)cc1)c1ccccc1-c1cccc2c1oc1c3ccccc3ccc21. The molecular formula is C65H42N2O2. The van der Waals surface area contributed by atoms with Crippen LogP contribution in [0.15, 0.2) is 245 Å². The van der Waals surface area contributed by atoms with Gasteiger partial charge in [-0.25, -0.2) is 0 Å². The van der Waals surface area contributed by atoms with Crippen molar-refractivity contribution in [3.8, 4) is 39.1 Å². The lowest BCUT2D eigenvalue weighted by atomic mass is 9.97. The summed E-state index contributed by atoms with van der Waals surface area (Å²) < 4.78 is 15.7. The molecule has 0 atom stereocenters. The van der Waals surface area contributed by atoms with Gasteiger partial charge < -0.3 is 18.3 Å². The molecule has 11 aromatic carbocycles. The maximum atomic E-state index is 6.97. The van der Waals surface area contributed by atoms with Gasteiger partial charge in [0.15, 0.2) is 0 Å². The predicted molar refractivity (Wildman–Crippen MR) is 289 cm³/mol. The van der Waals surface area contributed by atoms with E-state index >= 15 is 0 Å². The predicted octanol–water partition coefficient (Wildman–Crippen LogP) is 18.5. The van der Waals surface area contributed by atoms with Crippen LogP contribution in [0.5, 0.6) is 0 Å². The normalized spacial score (nSPS) is 11.8. The molecule has 14 rings (SSSR count). The Morgan fingerprint density at radius 2 is 0.928 bits per heavy atom. The molecule has 0 aliphatic heterocycles. The molecule has 0 spiro atoms. The number of aromatic nitrogens is 1. The molecule has 69 heavy (non-hydrogen) atoms. The fourth-order valence-electron chi connectivity index (χ4n) is 10.9. The third-order valence-corrected chi connectivity index (χ3v) is 14.1. The quantitative estimate of drug-likeness (QED) is 0.160. The van der Waals surface area contributed by atoms with Gasteiger partial charge in [0.1, 0.15) is 22.3 Å². The van der Waals surface area contributed by atoms with Gasteiger partial charge in [0, 0.05) is 65.8 Å². The van der Waals surface area contributed by atoms with Crippen LogP contribution in [0.4, 0.5) is 17.1 Å². The molecule has 4 nitrogen and oxygen atoms in total.